The SMILES string of the molecule is CN=C(NCc1ncc(C)c(OC)c1C)NC1CC2CCC1O2.I. The van der Waals surface area contributed by atoms with Crippen LogP contribution in [0.4, 0.5) is 0 Å². The Morgan fingerprint density at radius 1 is 1.42 bits per heavy atom. The van der Waals surface area contributed by atoms with E-state index >= 15 is 0 Å². The molecule has 1 aromatic rings. The van der Waals surface area contributed by atoms with Gasteiger partial charge in [-0.25, -0.2) is 0 Å². The highest BCUT2D eigenvalue weighted by Crippen LogP contribution is 2.34. The van der Waals surface area contributed by atoms with Gasteiger partial charge in [-0.1, -0.05) is 0 Å². The number of aliphatic imine (C=N–C) groups is 1. The smallest absolute Gasteiger partial charge is 0.191 e. The predicted molar refractivity (Wildman–Crippen MR) is 105 cm³/mol. The van der Waals surface area contributed by atoms with Crippen LogP contribution in [0.5, 0.6) is 5.75 Å². The third kappa shape index (κ3) is 3.93. The van der Waals surface area contributed by atoms with Gasteiger partial charge in [0, 0.05) is 24.4 Å². The minimum absolute atomic E-state index is 0. The first-order valence-corrected chi connectivity index (χ1v) is 8.24. The Balaban J connectivity index is 0.00000208. The van der Waals surface area contributed by atoms with Gasteiger partial charge in [0.1, 0.15) is 5.75 Å². The van der Waals surface area contributed by atoms with Gasteiger partial charge in [0.15, 0.2) is 5.96 Å². The number of aromatic nitrogens is 1. The van der Waals surface area contributed by atoms with Crippen LogP contribution in [0.3, 0.4) is 0 Å². The average Bonchev–Trinajstić information content (AvgIpc) is 3.16. The number of guanidine groups is 1. The number of ether oxygens (including phenoxy) is 2. The van der Waals surface area contributed by atoms with Gasteiger partial charge in [-0.3, -0.25) is 9.98 Å². The van der Waals surface area contributed by atoms with E-state index in [1.807, 2.05) is 20.0 Å². The summed E-state index contributed by atoms with van der Waals surface area (Å²) in [6.07, 6.45) is 6.03. The molecule has 0 radical (unpaired) electrons. The van der Waals surface area contributed by atoms with Crippen LogP contribution >= 0.6 is 24.0 Å². The number of rotatable bonds is 4. The van der Waals surface area contributed by atoms with Gasteiger partial charge in [-0.05, 0) is 33.1 Å². The van der Waals surface area contributed by atoms with Gasteiger partial charge in [0.05, 0.1) is 37.6 Å². The molecule has 3 heterocycles. The maximum absolute atomic E-state index is 5.88. The molecule has 134 valence electrons. The molecule has 24 heavy (non-hydrogen) atoms. The summed E-state index contributed by atoms with van der Waals surface area (Å²) in [7, 11) is 3.49. The lowest BCUT2D eigenvalue weighted by Gasteiger charge is -2.23. The summed E-state index contributed by atoms with van der Waals surface area (Å²) in [5.41, 5.74) is 3.09. The highest BCUT2D eigenvalue weighted by molar-refractivity contribution is 14.0. The molecule has 0 spiro atoms. The molecule has 2 fully saturated rings. The van der Waals surface area contributed by atoms with Crippen molar-refractivity contribution in [2.45, 2.75) is 57.9 Å². The number of halogens is 1. The lowest BCUT2D eigenvalue weighted by molar-refractivity contribution is 0.0992. The summed E-state index contributed by atoms with van der Waals surface area (Å²) in [5, 5.41) is 6.83. The summed E-state index contributed by atoms with van der Waals surface area (Å²) in [5.74, 6) is 1.70. The van der Waals surface area contributed by atoms with Crippen molar-refractivity contribution < 1.29 is 9.47 Å². The maximum Gasteiger partial charge on any atom is 0.191 e. The summed E-state index contributed by atoms with van der Waals surface area (Å²) in [6.45, 7) is 4.66. The summed E-state index contributed by atoms with van der Waals surface area (Å²) < 4.78 is 11.3. The molecule has 2 aliphatic rings. The molecular weight excluding hydrogens is 419 g/mol. The van der Waals surface area contributed by atoms with Crippen molar-refractivity contribution >= 4 is 29.9 Å². The Morgan fingerprint density at radius 2 is 2.21 bits per heavy atom. The zero-order valence-electron chi connectivity index (χ0n) is 14.8. The van der Waals surface area contributed by atoms with Crippen LogP contribution in [-0.4, -0.2) is 43.4 Å². The third-order valence-electron chi connectivity index (χ3n) is 4.82. The molecule has 2 saturated heterocycles. The molecule has 2 aliphatic heterocycles. The fourth-order valence-corrected chi connectivity index (χ4v) is 3.58. The second-order valence-electron chi connectivity index (χ2n) is 6.33. The molecule has 0 amide bonds. The van der Waals surface area contributed by atoms with Gasteiger partial charge in [-0.2, -0.15) is 0 Å². The average molecular weight is 446 g/mol. The number of fused-ring (bicyclic) bond motifs is 2. The quantitative estimate of drug-likeness (QED) is 0.422. The molecule has 6 nitrogen and oxygen atoms in total. The standard InChI is InChI=1S/C17H26N4O2.HI/c1-10-8-19-14(11(2)16(10)22-4)9-20-17(18-3)21-13-7-12-5-6-15(13)23-12;/h8,12-13,15H,5-7,9H2,1-4H3,(H2,18,20,21);1H. The summed E-state index contributed by atoms with van der Waals surface area (Å²) in [4.78, 5) is 8.83. The van der Waals surface area contributed by atoms with Crippen LogP contribution in [0.2, 0.25) is 0 Å². The van der Waals surface area contributed by atoms with Crippen molar-refractivity contribution in [3.63, 3.8) is 0 Å². The molecule has 3 rings (SSSR count). The Hall–Kier alpha value is -1.09. The van der Waals surface area contributed by atoms with Crippen LogP contribution in [0.1, 0.15) is 36.1 Å². The number of pyridine rings is 1. The molecule has 3 atom stereocenters. The van der Waals surface area contributed by atoms with Crippen molar-refractivity contribution in [2.24, 2.45) is 4.99 Å². The van der Waals surface area contributed by atoms with Crippen molar-refractivity contribution in [1.82, 2.24) is 15.6 Å². The van der Waals surface area contributed by atoms with Crippen LogP contribution in [0, 0.1) is 13.8 Å². The van der Waals surface area contributed by atoms with Crippen molar-refractivity contribution in [1.29, 1.82) is 0 Å². The van der Waals surface area contributed by atoms with E-state index in [0.717, 1.165) is 41.4 Å². The number of methoxy groups -OCH3 is 1. The molecule has 7 heteroatoms. The number of nitrogens with zero attached hydrogens (tertiary/aromatic N) is 2. The highest BCUT2D eigenvalue weighted by atomic mass is 127. The Bertz CT molecular complexity index is 608. The number of aryl methyl sites for hydroxylation is 1. The van der Waals surface area contributed by atoms with E-state index in [9.17, 15) is 0 Å². The summed E-state index contributed by atoms with van der Waals surface area (Å²) in [6, 6.07) is 0.363. The van der Waals surface area contributed by atoms with Crippen LogP contribution in [-0.2, 0) is 11.3 Å². The molecule has 0 saturated carbocycles. The van der Waals surface area contributed by atoms with Crippen LogP contribution < -0.4 is 15.4 Å². The molecular formula is C17H27IN4O2. The Morgan fingerprint density at radius 3 is 2.79 bits per heavy atom. The van der Waals surface area contributed by atoms with Gasteiger partial charge in [0.2, 0.25) is 0 Å². The monoisotopic (exact) mass is 446 g/mol. The Labute approximate surface area is 160 Å². The fourth-order valence-electron chi connectivity index (χ4n) is 3.58. The zero-order chi connectivity index (χ0) is 16.4. The summed E-state index contributed by atoms with van der Waals surface area (Å²) >= 11 is 0. The van der Waals surface area contributed by atoms with Crippen molar-refractivity contribution in [3.8, 4) is 5.75 Å². The molecule has 1 aromatic heterocycles. The third-order valence-corrected chi connectivity index (χ3v) is 4.82. The first-order chi connectivity index (χ1) is 11.1. The second-order valence-corrected chi connectivity index (χ2v) is 6.33. The topological polar surface area (TPSA) is 67.8 Å². The van der Waals surface area contributed by atoms with Crippen LogP contribution in [0.25, 0.3) is 0 Å². The molecule has 2 bridgehead atoms. The lowest BCUT2D eigenvalue weighted by atomic mass is 9.96. The first-order valence-electron chi connectivity index (χ1n) is 8.24. The van der Waals surface area contributed by atoms with Crippen LogP contribution in [0.15, 0.2) is 11.2 Å². The molecule has 2 N–H and O–H groups in total. The van der Waals surface area contributed by atoms with Gasteiger partial charge >= 0.3 is 0 Å². The molecule has 0 aliphatic carbocycles. The van der Waals surface area contributed by atoms with E-state index in [0.29, 0.717) is 24.8 Å². The van der Waals surface area contributed by atoms with E-state index in [-0.39, 0.29) is 24.0 Å². The van der Waals surface area contributed by atoms with Gasteiger partial charge in [0.25, 0.3) is 0 Å². The normalized spacial score (nSPS) is 25.3. The van der Waals surface area contributed by atoms with E-state index in [4.69, 9.17) is 9.47 Å². The van der Waals surface area contributed by atoms with Gasteiger partial charge in [-0.15, -0.1) is 24.0 Å². The Kier molecular flexibility index (Phi) is 6.68. The first kappa shape index (κ1) is 19.2. The number of hydrogen-bond acceptors (Lipinski definition) is 4. The number of hydrogen-bond donors (Lipinski definition) is 2. The zero-order valence-corrected chi connectivity index (χ0v) is 17.1. The fraction of sp³-hybridized carbons (Fsp3) is 0.647. The minimum Gasteiger partial charge on any atom is -0.496 e. The second kappa shape index (κ2) is 8.33. The largest absolute Gasteiger partial charge is 0.496 e. The van der Waals surface area contributed by atoms with Gasteiger partial charge < -0.3 is 20.1 Å². The minimum atomic E-state index is 0. The van der Waals surface area contributed by atoms with E-state index in [1.54, 1.807) is 14.2 Å². The van der Waals surface area contributed by atoms with E-state index in [2.05, 4.69) is 20.6 Å². The van der Waals surface area contributed by atoms with E-state index in [1.165, 1.54) is 6.42 Å². The maximum atomic E-state index is 5.88. The molecule has 0 aromatic carbocycles. The highest BCUT2D eigenvalue weighted by Gasteiger charge is 2.41. The number of nitrogens with one attached hydrogen (secondary N) is 2. The van der Waals surface area contributed by atoms with Crippen molar-refractivity contribution in [3.05, 3.63) is 23.0 Å². The lowest BCUT2D eigenvalue weighted by Crippen LogP contribution is -2.47. The van der Waals surface area contributed by atoms with E-state index < -0.39 is 0 Å². The van der Waals surface area contributed by atoms with Crippen molar-refractivity contribution in [2.75, 3.05) is 14.2 Å². The predicted octanol–water partition coefficient (Wildman–Crippen LogP) is 2.31. The molecule has 3 unspecified atom stereocenters.